The fourth-order valence-corrected chi connectivity index (χ4v) is 2.34. The lowest BCUT2D eigenvalue weighted by Gasteiger charge is -2.24. The summed E-state index contributed by atoms with van der Waals surface area (Å²) in [6, 6.07) is 0.161. The smallest absolute Gasteiger partial charge is 0.264 e. The van der Waals surface area contributed by atoms with Gasteiger partial charge in [0.15, 0.2) is 5.78 Å². The minimum atomic E-state index is -2.33. The number of fused-ring (bicyclic) bond motifs is 1. The zero-order valence-corrected chi connectivity index (χ0v) is 10.9. The summed E-state index contributed by atoms with van der Waals surface area (Å²) in [5.41, 5.74) is 4.71. The van der Waals surface area contributed by atoms with Crippen LogP contribution >= 0.6 is 0 Å². The van der Waals surface area contributed by atoms with Gasteiger partial charge in [-0.2, -0.15) is 0 Å². The van der Waals surface area contributed by atoms with Gasteiger partial charge in [-0.1, -0.05) is 6.07 Å². The van der Waals surface area contributed by atoms with Crippen LogP contribution in [-0.2, 0) is 9.59 Å². The van der Waals surface area contributed by atoms with E-state index < -0.39 is 55.1 Å². The third kappa shape index (κ3) is 2.12. The second-order valence-corrected chi connectivity index (χ2v) is 4.68. The first kappa shape index (κ1) is 8.71. The number of carbonyl (C=O) groups excluding carboxylic acids is 2. The van der Waals surface area contributed by atoms with Gasteiger partial charge in [-0.3, -0.25) is 19.0 Å². The first-order valence-electron chi connectivity index (χ1n) is 8.96. The molecule has 1 aromatic carbocycles. The number of carbonyl (C=O) groups is 2. The number of rotatable bonds is 1. The van der Waals surface area contributed by atoms with Gasteiger partial charge in [0.1, 0.15) is 11.6 Å². The molecule has 21 heavy (non-hydrogen) atoms. The van der Waals surface area contributed by atoms with Gasteiger partial charge in [-0.05, 0) is 25.4 Å². The maximum Gasteiger partial charge on any atom is 0.264 e. The monoisotopic (exact) mass is 290 g/mol. The number of Topliss-reactive ketones (excluding diaryl/α,β-unsaturated/α-hetero) is 2. The van der Waals surface area contributed by atoms with Crippen LogP contribution in [0.1, 0.15) is 37.9 Å². The van der Waals surface area contributed by atoms with Crippen molar-refractivity contribution < 1.29 is 16.4 Å². The topological polar surface area (TPSA) is 95.0 Å². The van der Waals surface area contributed by atoms with Crippen molar-refractivity contribution in [1.29, 1.82) is 0 Å². The van der Waals surface area contributed by atoms with E-state index in [0.717, 1.165) is 0 Å². The van der Waals surface area contributed by atoms with E-state index in [0.29, 0.717) is 4.57 Å². The fourth-order valence-electron chi connectivity index (χ4n) is 2.34. The standard InChI is InChI=1S/C15H15N3O3/c1-8-17-11-4-2-3-10(16)14(11)15(21)18(8)12-6-5-9(19)7-13(12)20/h2-4,12H,5-7,16H2,1H3/i1D2,3D,5D,12D. The van der Waals surface area contributed by atoms with E-state index in [-0.39, 0.29) is 22.6 Å². The zero-order chi connectivity index (χ0) is 19.4. The molecule has 1 saturated carbocycles. The predicted molar refractivity (Wildman–Crippen MR) is 78.1 cm³/mol. The van der Waals surface area contributed by atoms with Gasteiger partial charge >= 0.3 is 0 Å². The number of hydrogen-bond donors (Lipinski definition) is 1. The molecule has 1 aromatic heterocycles. The normalized spacial score (nSPS) is 29.8. The highest BCUT2D eigenvalue weighted by atomic mass is 16.2. The number of aromatic nitrogens is 2. The Labute approximate surface area is 127 Å². The Morgan fingerprint density at radius 3 is 3.14 bits per heavy atom. The summed E-state index contributed by atoms with van der Waals surface area (Å²) in [6.07, 6.45) is -2.65. The van der Waals surface area contributed by atoms with E-state index in [4.69, 9.17) is 12.6 Å². The quantitative estimate of drug-likeness (QED) is 0.628. The number of anilines is 1. The van der Waals surface area contributed by atoms with Crippen LogP contribution in [0.15, 0.2) is 23.0 Å². The van der Waals surface area contributed by atoms with Gasteiger partial charge in [0.05, 0.1) is 26.1 Å². The van der Waals surface area contributed by atoms with Crippen molar-refractivity contribution in [3.05, 3.63) is 34.4 Å². The van der Waals surface area contributed by atoms with Crippen LogP contribution in [0.25, 0.3) is 10.9 Å². The molecule has 2 aromatic rings. The number of benzene rings is 1. The van der Waals surface area contributed by atoms with Crippen LogP contribution in [0.3, 0.4) is 0 Å². The Morgan fingerprint density at radius 1 is 1.57 bits per heavy atom. The maximum atomic E-state index is 13.0. The van der Waals surface area contributed by atoms with Crippen molar-refractivity contribution >= 4 is 28.2 Å². The molecule has 0 bridgehead atoms. The lowest BCUT2D eigenvalue weighted by Crippen LogP contribution is -2.36. The summed E-state index contributed by atoms with van der Waals surface area (Å²) in [6.45, 7) is -1.79. The van der Waals surface area contributed by atoms with Gasteiger partial charge in [0.2, 0.25) is 0 Å². The van der Waals surface area contributed by atoms with Gasteiger partial charge in [0.25, 0.3) is 5.56 Å². The van der Waals surface area contributed by atoms with Crippen molar-refractivity contribution in [3.8, 4) is 0 Å². The van der Waals surface area contributed by atoms with Gasteiger partial charge in [-0.15, -0.1) is 0 Å². The summed E-state index contributed by atoms with van der Waals surface area (Å²) in [4.78, 5) is 41.1. The molecule has 2 unspecified atom stereocenters. The highest BCUT2D eigenvalue weighted by Crippen LogP contribution is 2.24. The van der Waals surface area contributed by atoms with E-state index >= 15 is 0 Å². The van der Waals surface area contributed by atoms with Crippen molar-refractivity contribution in [3.63, 3.8) is 0 Å². The molecule has 0 aliphatic heterocycles. The Balaban J connectivity index is 2.41. The summed E-state index contributed by atoms with van der Waals surface area (Å²) < 4.78 is 39.9. The van der Waals surface area contributed by atoms with Crippen molar-refractivity contribution in [2.75, 3.05) is 5.73 Å². The molecule has 1 aliphatic rings. The third-order valence-corrected chi connectivity index (χ3v) is 3.34. The van der Waals surface area contributed by atoms with Crippen LogP contribution < -0.4 is 11.3 Å². The maximum absolute atomic E-state index is 13.0. The van der Waals surface area contributed by atoms with Gasteiger partial charge in [0, 0.05) is 16.2 Å². The molecule has 6 nitrogen and oxygen atoms in total. The summed E-state index contributed by atoms with van der Waals surface area (Å²) in [5.74, 6) is -2.01. The number of nitrogen functional groups attached to an aromatic ring is 1. The van der Waals surface area contributed by atoms with Gasteiger partial charge < -0.3 is 5.73 Å². The molecule has 0 saturated heterocycles. The zero-order valence-electron chi connectivity index (χ0n) is 15.9. The lowest BCUT2D eigenvalue weighted by atomic mass is 9.92. The van der Waals surface area contributed by atoms with Crippen LogP contribution in [0.2, 0.25) is 0 Å². The van der Waals surface area contributed by atoms with E-state index in [1.54, 1.807) is 0 Å². The van der Waals surface area contributed by atoms with E-state index in [9.17, 15) is 14.4 Å². The summed E-state index contributed by atoms with van der Waals surface area (Å²) in [7, 11) is 0. The molecule has 1 aliphatic carbocycles. The van der Waals surface area contributed by atoms with E-state index in [1.807, 2.05) is 0 Å². The third-order valence-electron chi connectivity index (χ3n) is 3.34. The number of nitrogens with two attached hydrogens (primary N) is 1. The second-order valence-electron chi connectivity index (χ2n) is 4.68. The minimum absolute atomic E-state index is 0.0459. The Hall–Kier alpha value is -2.50. The second kappa shape index (κ2) is 4.80. The van der Waals surface area contributed by atoms with Gasteiger partial charge in [-0.25, -0.2) is 4.98 Å². The average Bonchev–Trinajstić information content (AvgIpc) is 2.55. The highest BCUT2D eigenvalue weighted by molar-refractivity contribution is 6.03. The largest absolute Gasteiger partial charge is 0.398 e. The molecule has 0 amide bonds. The van der Waals surface area contributed by atoms with Crippen molar-refractivity contribution in [2.45, 2.75) is 32.1 Å². The molecule has 6 heteroatoms. The molecular weight excluding hydrogens is 270 g/mol. The Bertz CT molecular complexity index is 1010. The molecule has 1 fully saturated rings. The molecule has 2 atom stereocenters. The van der Waals surface area contributed by atoms with Crippen molar-refractivity contribution in [1.82, 2.24) is 9.55 Å². The van der Waals surface area contributed by atoms with Crippen LogP contribution in [-0.4, -0.2) is 21.1 Å². The van der Waals surface area contributed by atoms with E-state index in [1.165, 1.54) is 12.1 Å². The first-order valence-corrected chi connectivity index (χ1v) is 6.23. The van der Waals surface area contributed by atoms with E-state index in [2.05, 4.69) is 4.98 Å². The number of aryl methyl sites for hydroxylation is 1. The number of nitrogens with zero attached hydrogens (tertiary/aromatic N) is 2. The predicted octanol–water partition coefficient (Wildman–Crippen LogP) is 1.15. The molecule has 1 heterocycles. The van der Waals surface area contributed by atoms with Crippen LogP contribution in [0.5, 0.6) is 0 Å². The Kier molecular flexibility index (Phi) is 1.99. The van der Waals surface area contributed by atoms with Crippen LogP contribution in [0, 0.1) is 6.88 Å². The summed E-state index contributed by atoms with van der Waals surface area (Å²) in [5, 5.41) is -0.195. The fraction of sp³-hybridized carbons (Fsp3) is 0.333. The first-order chi connectivity index (χ1) is 12.1. The molecular formula is C15H15N3O3. The molecule has 0 radical (unpaired) electrons. The molecule has 108 valence electrons. The SMILES string of the molecule is [2H]c1ccc2nc(C([2H])[2H])n(C3([2H])CC([2H])C(=O)CC3=O)c(=O)c2c1N. The molecule has 2 N–H and O–H groups in total. The average molecular weight is 290 g/mol. The number of ketones is 2. The molecule has 0 spiro atoms. The number of hydrogen-bond acceptors (Lipinski definition) is 5. The summed E-state index contributed by atoms with van der Waals surface area (Å²) >= 11 is 0. The Morgan fingerprint density at radius 2 is 2.38 bits per heavy atom. The minimum Gasteiger partial charge on any atom is -0.398 e. The highest BCUT2D eigenvalue weighted by Gasteiger charge is 2.30. The molecule has 3 rings (SSSR count). The lowest BCUT2D eigenvalue weighted by molar-refractivity contribution is -0.132. The van der Waals surface area contributed by atoms with Crippen molar-refractivity contribution in [2.24, 2.45) is 0 Å². The van der Waals surface area contributed by atoms with Crippen LogP contribution in [0.4, 0.5) is 5.69 Å².